The number of hydrogen-bond donors (Lipinski definition) is 3. The third-order valence-electron chi connectivity index (χ3n) is 3.23. The van der Waals surface area contributed by atoms with Crippen molar-refractivity contribution in [2.24, 2.45) is 0 Å². The van der Waals surface area contributed by atoms with Crippen molar-refractivity contribution in [1.82, 2.24) is 15.0 Å². The molecule has 2 heterocycles. The number of halogens is 1. The molecule has 0 atom stereocenters. The molecule has 0 aliphatic heterocycles. The molecule has 0 amide bonds. The molecule has 122 valence electrons. The molecule has 7 heteroatoms. The fourth-order valence-corrected chi connectivity index (χ4v) is 2.65. The van der Waals surface area contributed by atoms with Crippen molar-refractivity contribution in [3.8, 4) is 11.3 Å². The van der Waals surface area contributed by atoms with E-state index in [0.717, 1.165) is 20.5 Å². The van der Waals surface area contributed by atoms with Gasteiger partial charge in [-0.2, -0.15) is 4.98 Å². The summed E-state index contributed by atoms with van der Waals surface area (Å²) in [4.78, 5) is 13.0. The third kappa shape index (κ3) is 4.18. The van der Waals surface area contributed by atoms with Gasteiger partial charge in [0.05, 0.1) is 18.0 Å². The largest absolute Gasteiger partial charge is 0.395 e. The minimum atomic E-state index is 0.0161. The van der Waals surface area contributed by atoms with Crippen molar-refractivity contribution in [2.75, 3.05) is 23.8 Å². The number of rotatable bonds is 6. The summed E-state index contributed by atoms with van der Waals surface area (Å²) in [5, 5.41) is 15.3. The van der Waals surface area contributed by atoms with Gasteiger partial charge in [-0.3, -0.25) is 4.98 Å². The van der Waals surface area contributed by atoms with Gasteiger partial charge in [0, 0.05) is 34.1 Å². The molecule has 2 aromatic heterocycles. The zero-order valence-electron chi connectivity index (χ0n) is 12.8. The van der Waals surface area contributed by atoms with Crippen LogP contribution in [-0.4, -0.2) is 33.2 Å². The Balaban J connectivity index is 1.97. The molecule has 3 rings (SSSR count). The Kier molecular flexibility index (Phi) is 5.55. The zero-order valence-corrected chi connectivity index (χ0v) is 14.9. The summed E-state index contributed by atoms with van der Waals surface area (Å²) >= 11 is 2.28. The Morgan fingerprint density at radius 2 is 1.83 bits per heavy atom. The standard InChI is InChI=1S/C17H16IN5O/c18-13-3-1-2-4-14(13)21-16-11-15(12-5-7-19-8-6-12)22-17(23-16)20-9-10-24/h1-8,11,24H,9-10H2,(H2,20,21,22,23). The van der Waals surface area contributed by atoms with E-state index < -0.39 is 0 Å². The van der Waals surface area contributed by atoms with E-state index in [2.05, 4.69) is 48.2 Å². The van der Waals surface area contributed by atoms with Crippen molar-refractivity contribution in [2.45, 2.75) is 0 Å². The average molecular weight is 433 g/mol. The minimum Gasteiger partial charge on any atom is -0.395 e. The Bertz CT molecular complexity index is 813. The first-order chi connectivity index (χ1) is 11.8. The highest BCUT2D eigenvalue weighted by Gasteiger charge is 2.08. The van der Waals surface area contributed by atoms with Gasteiger partial charge in [-0.05, 0) is 46.9 Å². The van der Waals surface area contributed by atoms with E-state index in [9.17, 15) is 0 Å². The molecule has 0 aliphatic rings. The van der Waals surface area contributed by atoms with E-state index in [1.54, 1.807) is 12.4 Å². The molecule has 0 bridgehead atoms. The fraction of sp³-hybridized carbons (Fsp3) is 0.118. The number of nitrogens with zero attached hydrogens (tertiary/aromatic N) is 3. The molecule has 0 saturated carbocycles. The summed E-state index contributed by atoms with van der Waals surface area (Å²) in [6.45, 7) is 0.407. The highest BCUT2D eigenvalue weighted by Crippen LogP contribution is 2.25. The highest BCUT2D eigenvalue weighted by molar-refractivity contribution is 14.1. The summed E-state index contributed by atoms with van der Waals surface area (Å²) in [6, 6.07) is 13.7. The summed E-state index contributed by atoms with van der Waals surface area (Å²) in [5.74, 6) is 1.15. The molecule has 0 aliphatic carbocycles. The second-order valence-corrected chi connectivity index (χ2v) is 6.12. The molecule has 1 aromatic carbocycles. The van der Waals surface area contributed by atoms with E-state index >= 15 is 0 Å². The number of aromatic nitrogens is 3. The molecule has 0 unspecified atom stereocenters. The number of pyridine rings is 1. The lowest BCUT2D eigenvalue weighted by Crippen LogP contribution is -2.10. The van der Waals surface area contributed by atoms with E-state index in [-0.39, 0.29) is 6.61 Å². The van der Waals surface area contributed by atoms with Crippen LogP contribution in [0.25, 0.3) is 11.3 Å². The van der Waals surface area contributed by atoms with Crippen LogP contribution in [0.3, 0.4) is 0 Å². The predicted molar refractivity (Wildman–Crippen MR) is 103 cm³/mol. The Hall–Kier alpha value is -2.26. The molecular weight excluding hydrogens is 417 g/mol. The van der Waals surface area contributed by atoms with Gasteiger partial charge in [0.1, 0.15) is 5.82 Å². The molecule has 0 spiro atoms. The van der Waals surface area contributed by atoms with E-state index in [4.69, 9.17) is 5.11 Å². The maximum atomic E-state index is 9.01. The predicted octanol–water partition coefficient (Wildman–Crippen LogP) is 3.29. The van der Waals surface area contributed by atoms with Gasteiger partial charge in [0.25, 0.3) is 0 Å². The molecule has 3 N–H and O–H groups in total. The van der Waals surface area contributed by atoms with Crippen LogP contribution in [0.1, 0.15) is 0 Å². The summed E-state index contributed by atoms with van der Waals surface area (Å²) in [7, 11) is 0. The molecule has 0 radical (unpaired) electrons. The Labute approximate surface area is 153 Å². The van der Waals surface area contributed by atoms with Crippen LogP contribution in [0.15, 0.2) is 54.9 Å². The number of aliphatic hydroxyl groups excluding tert-OH is 1. The Morgan fingerprint density at radius 3 is 2.58 bits per heavy atom. The van der Waals surface area contributed by atoms with Crippen LogP contribution < -0.4 is 10.6 Å². The molecule has 24 heavy (non-hydrogen) atoms. The smallest absolute Gasteiger partial charge is 0.225 e. The number of para-hydroxylation sites is 1. The molecule has 3 aromatic rings. The lowest BCUT2D eigenvalue weighted by atomic mass is 10.2. The first-order valence-corrected chi connectivity index (χ1v) is 8.50. The summed E-state index contributed by atoms with van der Waals surface area (Å²) in [5.41, 5.74) is 2.71. The first kappa shape index (κ1) is 16.6. The summed E-state index contributed by atoms with van der Waals surface area (Å²) in [6.07, 6.45) is 3.46. The zero-order chi connectivity index (χ0) is 16.8. The van der Waals surface area contributed by atoms with Crippen LogP contribution in [-0.2, 0) is 0 Å². The van der Waals surface area contributed by atoms with Crippen molar-refractivity contribution < 1.29 is 5.11 Å². The van der Waals surface area contributed by atoms with Crippen LogP contribution in [0.5, 0.6) is 0 Å². The number of aliphatic hydroxyl groups is 1. The van der Waals surface area contributed by atoms with E-state index in [1.165, 1.54) is 0 Å². The molecule has 0 fully saturated rings. The Morgan fingerprint density at radius 1 is 1.04 bits per heavy atom. The number of nitrogens with one attached hydrogen (secondary N) is 2. The highest BCUT2D eigenvalue weighted by atomic mass is 127. The van der Waals surface area contributed by atoms with Crippen LogP contribution in [0.4, 0.5) is 17.5 Å². The van der Waals surface area contributed by atoms with Gasteiger partial charge >= 0.3 is 0 Å². The number of hydrogen-bond acceptors (Lipinski definition) is 6. The summed E-state index contributed by atoms with van der Waals surface area (Å²) < 4.78 is 1.10. The lowest BCUT2D eigenvalue weighted by molar-refractivity contribution is 0.311. The maximum Gasteiger partial charge on any atom is 0.225 e. The topological polar surface area (TPSA) is 83.0 Å². The molecule has 0 saturated heterocycles. The van der Waals surface area contributed by atoms with Gasteiger partial charge in [-0.1, -0.05) is 12.1 Å². The maximum absolute atomic E-state index is 9.01. The van der Waals surface area contributed by atoms with Gasteiger partial charge < -0.3 is 15.7 Å². The number of anilines is 3. The van der Waals surface area contributed by atoms with Gasteiger partial charge in [0.2, 0.25) is 5.95 Å². The minimum absolute atomic E-state index is 0.0161. The van der Waals surface area contributed by atoms with Gasteiger partial charge in [0.15, 0.2) is 0 Å². The van der Waals surface area contributed by atoms with Crippen LogP contribution in [0.2, 0.25) is 0 Å². The first-order valence-electron chi connectivity index (χ1n) is 7.42. The fourth-order valence-electron chi connectivity index (χ4n) is 2.13. The van der Waals surface area contributed by atoms with Crippen molar-refractivity contribution >= 4 is 40.0 Å². The van der Waals surface area contributed by atoms with Crippen molar-refractivity contribution in [3.05, 3.63) is 58.4 Å². The van der Waals surface area contributed by atoms with Gasteiger partial charge in [-0.25, -0.2) is 4.98 Å². The van der Waals surface area contributed by atoms with Crippen LogP contribution >= 0.6 is 22.6 Å². The van der Waals surface area contributed by atoms with Crippen molar-refractivity contribution in [3.63, 3.8) is 0 Å². The third-order valence-corrected chi connectivity index (χ3v) is 4.17. The quantitative estimate of drug-likeness (QED) is 0.518. The SMILES string of the molecule is OCCNc1nc(Nc2ccccc2I)cc(-c2ccncc2)n1. The van der Waals surface area contributed by atoms with Crippen molar-refractivity contribution in [1.29, 1.82) is 0 Å². The lowest BCUT2D eigenvalue weighted by Gasteiger charge is -2.12. The van der Waals surface area contributed by atoms with E-state index in [1.807, 2.05) is 42.5 Å². The second-order valence-electron chi connectivity index (χ2n) is 4.95. The second kappa shape index (κ2) is 8.02. The van der Waals surface area contributed by atoms with Gasteiger partial charge in [-0.15, -0.1) is 0 Å². The normalized spacial score (nSPS) is 10.4. The monoisotopic (exact) mass is 433 g/mol. The molecular formula is C17H16IN5O. The number of benzene rings is 1. The van der Waals surface area contributed by atoms with E-state index in [0.29, 0.717) is 18.3 Å². The molecule has 6 nitrogen and oxygen atoms in total. The average Bonchev–Trinajstić information content (AvgIpc) is 2.62. The van der Waals surface area contributed by atoms with Crippen LogP contribution in [0, 0.1) is 3.57 Å².